The fourth-order valence-corrected chi connectivity index (χ4v) is 0. The Morgan fingerprint density at radius 2 is 0.333 bits per heavy atom. The molecule has 0 aromatic carbocycles. The normalized spacial score (nSPS) is 0. The minimum Gasteiger partial charge on any atom is -2.00 e. The molecule has 9 heteroatoms. The molecule has 0 aliphatic heterocycles. The Kier molecular flexibility index (Phi) is 44900. The molecular weight excluding hydrogens is 484 g/mol. The van der Waals surface area contributed by atoms with Crippen molar-refractivity contribution in [2.45, 2.75) is 0 Å². The van der Waals surface area contributed by atoms with Crippen LogP contribution in [-0.4, -0.2) is 32.9 Å². The molecule has 0 aliphatic carbocycles. The van der Waals surface area contributed by atoms with Gasteiger partial charge in [0, 0.05) is 40.8 Å². The van der Waals surface area contributed by atoms with Crippen molar-refractivity contribution in [2.24, 2.45) is 0 Å². The Labute approximate surface area is 79.3 Å². The first kappa shape index (κ1) is 753. The molecular formula is H6O7Re2-8. The van der Waals surface area contributed by atoms with Gasteiger partial charge in [0.25, 0.3) is 0 Å². The smallest absolute Gasteiger partial charge is 0 e. The summed E-state index contributed by atoms with van der Waals surface area (Å²) in [6, 6.07) is 0. The molecule has 9 heavy (non-hydrogen) atoms. The van der Waals surface area contributed by atoms with E-state index in [9.17, 15) is 0 Å². The monoisotopic (exact) mass is 492 g/mol. The van der Waals surface area contributed by atoms with Crippen LogP contribution in [0.3, 0.4) is 0 Å². The van der Waals surface area contributed by atoms with Crippen molar-refractivity contribution in [1.82, 2.24) is 0 Å². The van der Waals surface area contributed by atoms with Gasteiger partial charge in [0.2, 0.25) is 0 Å². The molecule has 0 unspecified atom stereocenters. The summed E-state index contributed by atoms with van der Waals surface area (Å²) in [4.78, 5) is 0. The summed E-state index contributed by atoms with van der Waals surface area (Å²) in [6.07, 6.45) is 0. The molecule has 70 valence electrons. The molecule has 0 aromatic heterocycles. The molecule has 0 aromatic rings. The quantitative estimate of drug-likeness (QED) is 0.407. The van der Waals surface area contributed by atoms with Gasteiger partial charge in [-0.15, -0.1) is 0 Å². The van der Waals surface area contributed by atoms with Crippen LogP contribution in [0.5, 0.6) is 0 Å². The Bertz CT molecular complexity index is 6.88. The summed E-state index contributed by atoms with van der Waals surface area (Å²) in [7, 11) is 0. The second-order valence-corrected chi connectivity index (χ2v) is 0. The van der Waals surface area contributed by atoms with E-state index in [2.05, 4.69) is 0 Å². The maximum Gasteiger partial charge on any atom is 0 e. The molecule has 0 heterocycles. The number of hydrogen-bond donors (Lipinski definition) is 0. The Hall–Kier alpha value is 1.04. The third-order valence-corrected chi connectivity index (χ3v) is 0. The third kappa shape index (κ3) is 411. The molecule has 0 amide bonds. The Balaban J connectivity index is 0. The predicted molar refractivity (Wildman–Crippen MR) is 12.3 cm³/mol. The third-order valence-electron chi connectivity index (χ3n) is 0. The van der Waals surface area contributed by atoms with E-state index in [1.54, 1.807) is 0 Å². The first-order chi connectivity index (χ1) is 0. The van der Waals surface area contributed by atoms with E-state index < -0.39 is 0 Å². The van der Waals surface area contributed by atoms with Crippen molar-refractivity contribution >= 4 is 0 Å². The van der Waals surface area contributed by atoms with Crippen molar-refractivity contribution in [1.29, 1.82) is 0 Å². The molecule has 0 spiro atoms. The molecule has 0 aliphatic rings. The molecule has 0 atom stereocenters. The van der Waals surface area contributed by atoms with Gasteiger partial charge in [-0.2, -0.15) is 0 Å². The van der Waals surface area contributed by atoms with Crippen LogP contribution in [0.25, 0.3) is 0 Å². The molecule has 6 N–H and O–H groups in total. The summed E-state index contributed by atoms with van der Waals surface area (Å²) in [5.74, 6) is 0. The predicted octanol–water partition coefficient (Wildman–Crippen LogP) is -1.18. The van der Waals surface area contributed by atoms with Gasteiger partial charge in [-0.25, -0.2) is 0 Å². The molecule has 0 saturated heterocycles. The van der Waals surface area contributed by atoms with Gasteiger partial charge in [-0.1, -0.05) is 0 Å². The molecule has 0 fully saturated rings. The van der Waals surface area contributed by atoms with Crippen molar-refractivity contribution < 1.29 is 79.2 Å². The van der Waals surface area contributed by atoms with Crippen LogP contribution in [0.4, 0.5) is 0 Å². The van der Waals surface area contributed by atoms with Gasteiger partial charge in [0.15, 0.2) is 0 Å². The van der Waals surface area contributed by atoms with E-state index in [4.69, 9.17) is 0 Å². The average molecular weight is 490 g/mol. The van der Waals surface area contributed by atoms with Gasteiger partial charge in [-0.05, 0) is 0 Å². The SMILES string of the molecule is [O-2].[OH-].[OH-].[OH-].[OH-].[OH-].[OH-].[Re].[Re]. The minimum absolute atomic E-state index is 0. The van der Waals surface area contributed by atoms with Crippen molar-refractivity contribution in [3.8, 4) is 0 Å². The van der Waals surface area contributed by atoms with Crippen LogP contribution in [-0.2, 0) is 46.3 Å². The maximum absolute atomic E-state index is 0. The summed E-state index contributed by atoms with van der Waals surface area (Å²) >= 11 is 0. The maximum atomic E-state index is 0. The summed E-state index contributed by atoms with van der Waals surface area (Å²) in [6.45, 7) is 0. The van der Waals surface area contributed by atoms with Crippen LogP contribution in [0.1, 0.15) is 0 Å². The van der Waals surface area contributed by atoms with Crippen LogP contribution in [0.15, 0.2) is 0 Å². The van der Waals surface area contributed by atoms with E-state index in [1.165, 1.54) is 0 Å². The fraction of sp³-hybridized carbons (Fsp3) is 0. The van der Waals surface area contributed by atoms with Crippen LogP contribution >= 0.6 is 0 Å². The van der Waals surface area contributed by atoms with Crippen LogP contribution in [0.2, 0.25) is 0 Å². The van der Waals surface area contributed by atoms with Gasteiger partial charge in [0.1, 0.15) is 0 Å². The van der Waals surface area contributed by atoms with E-state index in [0.29, 0.717) is 0 Å². The standard InChI is InChI=1S/6H2O.O.2Re/h6*1H2;;;/q;;;;;;-2;;/p-6. The van der Waals surface area contributed by atoms with E-state index >= 15 is 0 Å². The van der Waals surface area contributed by atoms with Crippen LogP contribution < -0.4 is 0 Å². The number of hydrogen-bond acceptors (Lipinski definition) is 6. The molecule has 0 rings (SSSR count). The number of rotatable bonds is 0. The van der Waals surface area contributed by atoms with Crippen molar-refractivity contribution in [3.63, 3.8) is 0 Å². The second kappa shape index (κ2) is 536. The summed E-state index contributed by atoms with van der Waals surface area (Å²) in [5.41, 5.74) is 0. The second-order valence-electron chi connectivity index (χ2n) is 0. The summed E-state index contributed by atoms with van der Waals surface area (Å²) < 4.78 is 0. The van der Waals surface area contributed by atoms with Gasteiger partial charge >= 0.3 is 0 Å². The van der Waals surface area contributed by atoms with Crippen molar-refractivity contribution in [3.05, 3.63) is 0 Å². The molecule has 7 nitrogen and oxygen atoms in total. The average Bonchev–Trinajstić information content (AvgIpc) is 0. The Morgan fingerprint density at radius 3 is 0.333 bits per heavy atom. The topological polar surface area (TPSA) is 208 Å². The van der Waals surface area contributed by atoms with E-state index in [0.717, 1.165) is 0 Å². The van der Waals surface area contributed by atoms with Gasteiger partial charge < -0.3 is 38.3 Å². The zero-order valence-electron chi connectivity index (χ0n) is 3.85. The first-order valence-corrected chi connectivity index (χ1v) is 0. The fourth-order valence-electron chi connectivity index (χ4n) is 0. The van der Waals surface area contributed by atoms with Crippen molar-refractivity contribution in [2.75, 3.05) is 0 Å². The zero-order valence-corrected chi connectivity index (χ0v) is 9.28. The zero-order chi connectivity index (χ0) is 0. The van der Waals surface area contributed by atoms with E-state index in [-0.39, 0.29) is 79.2 Å². The minimum atomic E-state index is 0. The Morgan fingerprint density at radius 1 is 0.333 bits per heavy atom. The molecule has 2 radical (unpaired) electrons. The van der Waals surface area contributed by atoms with E-state index in [1.807, 2.05) is 0 Å². The largest absolute Gasteiger partial charge is 2.00 e. The van der Waals surface area contributed by atoms with Gasteiger partial charge in [0.05, 0.1) is 0 Å². The van der Waals surface area contributed by atoms with Gasteiger partial charge in [-0.3, -0.25) is 0 Å². The molecule has 0 saturated carbocycles. The summed E-state index contributed by atoms with van der Waals surface area (Å²) in [5, 5.41) is 0. The van der Waals surface area contributed by atoms with Crippen LogP contribution in [0, 0.1) is 0 Å². The molecule has 0 bridgehead atoms. The first-order valence-electron chi connectivity index (χ1n) is 0.